The lowest BCUT2D eigenvalue weighted by Gasteiger charge is -2.03. The number of carbonyl (C=O) groups excluding carboxylic acids is 1. The molecule has 2 heterocycles. The third-order valence-corrected chi connectivity index (χ3v) is 5.16. The van der Waals surface area contributed by atoms with E-state index in [9.17, 15) is 13.2 Å². The quantitative estimate of drug-likeness (QED) is 0.707. The molecule has 0 fully saturated rings. The molecule has 0 saturated carbocycles. The van der Waals surface area contributed by atoms with Gasteiger partial charge in [0.25, 0.3) is 10.0 Å². The summed E-state index contributed by atoms with van der Waals surface area (Å²) in [6.07, 6.45) is 0. The fourth-order valence-electron chi connectivity index (χ4n) is 2.04. The molecule has 8 nitrogen and oxygen atoms in total. The molecule has 0 amide bonds. The molecule has 23 heavy (non-hydrogen) atoms. The Morgan fingerprint density at radius 3 is 2.65 bits per heavy atom. The van der Waals surface area contributed by atoms with Gasteiger partial charge in [-0.25, -0.2) is 27.9 Å². The van der Waals surface area contributed by atoms with Crippen LogP contribution in [0.15, 0.2) is 34.7 Å². The van der Waals surface area contributed by atoms with Crippen LogP contribution in [0.25, 0.3) is 16.2 Å². The first-order chi connectivity index (χ1) is 10.9. The number of fused-ring (bicyclic) bond motifs is 1. The van der Waals surface area contributed by atoms with Crippen molar-refractivity contribution < 1.29 is 17.9 Å². The third kappa shape index (κ3) is 2.83. The van der Waals surface area contributed by atoms with Gasteiger partial charge in [0, 0.05) is 5.56 Å². The van der Waals surface area contributed by atoms with Crippen molar-refractivity contribution in [1.82, 2.24) is 14.6 Å². The molecule has 0 unspecified atom stereocenters. The van der Waals surface area contributed by atoms with Crippen LogP contribution in [0, 0.1) is 0 Å². The summed E-state index contributed by atoms with van der Waals surface area (Å²) < 4.78 is 29.0. The van der Waals surface area contributed by atoms with Crippen molar-refractivity contribution in [2.45, 2.75) is 11.3 Å². The lowest BCUT2D eigenvalue weighted by atomic mass is 10.1. The van der Waals surface area contributed by atoms with E-state index >= 15 is 0 Å². The normalized spacial score (nSPS) is 11.7. The van der Waals surface area contributed by atoms with Gasteiger partial charge in [-0.15, -0.1) is 5.10 Å². The Morgan fingerprint density at radius 1 is 1.35 bits per heavy atom. The largest absolute Gasteiger partial charge is 0.461 e. The topological polar surface area (TPSA) is 117 Å². The predicted molar refractivity (Wildman–Crippen MR) is 83.6 cm³/mol. The van der Waals surface area contributed by atoms with Crippen LogP contribution < -0.4 is 5.14 Å². The van der Waals surface area contributed by atoms with E-state index in [2.05, 4.69) is 10.1 Å². The summed E-state index contributed by atoms with van der Waals surface area (Å²) in [5.41, 5.74) is 1.11. The molecule has 2 N–H and O–H groups in total. The maximum absolute atomic E-state index is 12.1. The van der Waals surface area contributed by atoms with Crippen LogP contribution in [0.3, 0.4) is 0 Å². The molecule has 3 aromatic rings. The molecule has 120 valence electrons. The van der Waals surface area contributed by atoms with Gasteiger partial charge in [-0.05, 0) is 6.92 Å². The highest BCUT2D eigenvalue weighted by atomic mass is 32.2. The fourth-order valence-corrected chi connectivity index (χ4v) is 3.56. The second-order valence-corrected chi connectivity index (χ2v) is 7.19. The Morgan fingerprint density at radius 2 is 2.04 bits per heavy atom. The number of nitrogens with two attached hydrogens (primary N) is 1. The number of imidazole rings is 1. The number of hydrogen-bond acceptors (Lipinski definition) is 7. The Bertz CT molecular complexity index is 976. The van der Waals surface area contributed by atoms with Crippen molar-refractivity contribution in [1.29, 1.82) is 0 Å². The van der Waals surface area contributed by atoms with Crippen LogP contribution in [0.5, 0.6) is 0 Å². The SMILES string of the molecule is CCOC(=O)c1nc2sc(S(N)(=O)=O)nn2c1-c1ccccc1. The molecule has 0 aliphatic heterocycles. The Kier molecular flexibility index (Phi) is 3.88. The molecule has 0 aliphatic carbocycles. The van der Waals surface area contributed by atoms with Crippen molar-refractivity contribution >= 4 is 32.3 Å². The standard InChI is InChI=1S/C13H12N4O4S2/c1-2-21-11(18)9-10(8-6-4-3-5-7-8)17-12(15-9)22-13(16-17)23(14,19)20/h3-7H,2H2,1H3,(H2,14,19,20). The fraction of sp³-hybridized carbons (Fsp3) is 0.154. The summed E-state index contributed by atoms with van der Waals surface area (Å²) in [6, 6.07) is 8.93. The average Bonchev–Trinajstić information content (AvgIpc) is 3.05. The van der Waals surface area contributed by atoms with E-state index in [0.29, 0.717) is 11.3 Å². The first-order valence-corrected chi connectivity index (χ1v) is 8.93. The average molecular weight is 352 g/mol. The third-order valence-electron chi connectivity index (χ3n) is 2.94. The molecular weight excluding hydrogens is 340 g/mol. The number of benzene rings is 1. The zero-order valence-corrected chi connectivity index (χ0v) is 13.6. The van der Waals surface area contributed by atoms with Gasteiger partial charge in [0.1, 0.15) is 5.69 Å². The molecule has 0 spiro atoms. The molecule has 10 heteroatoms. The number of aromatic nitrogens is 3. The minimum absolute atomic E-state index is 0.0813. The Labute approximate surface area is 135 Å². The van der Waals surface area contributed by atoms with Crippen LogP contribution in [0.1, 0.15) is 17.4 Å². The maximum atomic E-state index is 12.1. The maximum Gasteiger partial charge on any atom is 0.359 e. The van der Waals surface area contributed by atoms with Gasteiger partial charge in [0.15, 0.2) is 5.69 Å². The minimum Gasteiger partial charge on any atom is -0.461 e. The lowest BCUT2D eigenvalue weighted by molar-refractivity contribution is 0.0521. The highest BCUT2D eigenvalue weighted by molar-refractivity contribution is 7.91. The molecule has 0 radical (unpaired) electrons. The zero-order chi connectivity index (χ0) is 16.6. The first-order valence-electron chi connectivity index (χ1n) is 6.56. The van der Waals surface area contributed by atoms with E-state index < -0.39 is 16.0 Å². The van der Waals surface area contributed by atoms with Crippen LogP contribution in [-0.2, 0) is 14.8 Å². The van der Waals surface area contributed by atoms with Crippen molar-refractivity contribution in [2.75, 3.05) is 6.61 Å². The molecule has 0 atom stereocenters. The van der Waals surface area contributed by atoms with Crippen molar-refractivity contribution in [3.05, 3.63) is 36.0 Å². The first kappa shape index (κ1) is 15.6. The number of ether oxygens (including phenoxy) is 1. The predicted octanol–water partition coefficient (Wildman–Crippen LogP) is 1.28. The lowest BCUT2D eigenvalue weighted by Crippen LogP contribution is -2.12. The van der Waals surface area contributed by atoms with Crippen molar-refractivity contribution in [3.63, 3.8) is 0 Å². The van der Waals surface area contributed by atoms with Crippen molar-refractivity contribution in [3.8, 4) is 11.3 Å². The summed E-state index contributed by atoms with van der Waals surface area (Å²) >= 11 is 0.789. The van der Waals surface area contributed by atoms with Gasteiger partial charge in [-0.2, -0.15) is 0 Å². The van der Waals surface area contributed by atoms with Crippen molar-refractivity contribution in [2.24, 2.45) is 5.14 Å². The zero-order valence-electron chi connectivity index (χ0n) is 12.0. The number of primary sulfonamides is 1. The van der Waals surface area contributed by atoms with Gasteiger partial charge in [-0.3, -0.25) is 0 Å². The number of hydrogen-bond donors (Lipinski definition) is 1. The molecule has 1 aromatic carbocycles. The van der Waals surface area contributed by atoms with E-state index in [1.807, 2.05) is 6.07 Å². The van der Waals surface area contributed by atoms with E-state index in [0.717, 1.165) is 11.3 Å². The minimum atomic E-state index is -3.95. The number of carbonyl (C=O) groups is 1. The Balaban J connectivity index is 2.28. The second-order valence-electron chi connectivity index (χ2n) is 4.50. The molecule has 3 rings (SSSR count). The number of rotatable bonds is 4. The highest BCUT2D eigenvalue weighted by Gasteiger charge is 2.26. The monoisotopic (exact) mass is 352 g/mol. The van der Waals surface area contributed by atoms with Crippen LogP contribution in [0.2, 0.25) is 0 Å². The number of nitrogens with zero attached hydrogens (tertiary/aromatic N) is 3. The van der Waals surface area contributed by atoms with Crippen LogP contribution >= 0.6 is 11.3 Å². The Hall–Kier alpha value is -2.30. The summed E-state index contributed by atoms with van der Waals surface area (Å²) in [6.45, 7) is 1.89. The van der Waals surface area contributed by atoms with E-state index in [1.54, 1.807) is 31.2 Å². The van der Waals surface area contributed by atoms with Gasteiger partial charge in [-0.1, -0.05) is 41.7 Å². The van der Waals surface area contributed by atoms with E-state index in [1.165, 1.54) is 4.52 Å². The molecular formula is C13H12N4O4S2. The van der Waals surface area contributed by atoms with Gasteiger partial charge in [0.05, 0.1) is 6.61 Å². The van der Waals surface area contributed by atoms with Gasteiger partial charge < -0.3 is 4.74 Å². The van der Waals surface area contributed by atoms with Gasteiger partial charge >= 0.3 is 5.97 Å². The summed E-state index contributed by atoms with van der Waals surface area (Å²) in [7, 11) is -3.95. The van der Waals surface area contributed by atoms with Crippen LogP contribution in [-0.4, -0.2) is 35.6 Å². The molecule has 2 aromatic heterocycles. The highest BCUT2D eigenvalue weighted by Crippen LogP contribution is 2.29. The summed E-state index contributed by atoms with van der Waals surface area (Å²) in [5, 5.41) is 9.08. The second kappa shape index (κ2) is 5.72. The molecule has 0 saturated heterocycles. The number of esters is 1. The molecule has 0 bridgehead atoms. The summed E-state index contributed by atoms with van der Waals surface area (Å²) in [5.74, 6) is -0.596. The number of sulfonamides is 1. The van der Waals surface area contributed by atoms with E-state index in [-0.39, 0.29) is 21.6 Å². The van der Waals surface area contributed by atoms with E-state index in [4.69, 9.17) is 9.88 Å². The summed E-state index contributed by atoms with van der Waals surface area (Å²) in [4.78, 5) is 16.5. The molecule has 0 aliphatic rings. The van der Waals surface area contributed by atoms with Gasteiger partial charge in [0.2, 0.25) is 9.30 Å². The van der Waals surface area contributed by atoms with Crippen LogP contribution in [0.4, 0.5) is 0 Å². The smallest absolute Gasteiger partial charge is 0.359 e.